The monoisotopic (exact) mass is 217 g/mol. The van der Waals surface area contributed by atoms with E-state index in [9.17, 15) is 0 Å². The first-order chi connectivity index (χ1) is 7.67. The van der Waals surface area contributed by atoms with E-state index in [4.69, 9.17) is 10.00 Å². The van der Waals surface area contributed by atoms with Crippen LogP contribution < -0.4 is 4.74 Å². The molecule has 0 aromatic heterocycles. The van der Waals surface area contributed by atoms with Crippen molar-refractivity contribution < 1.29 is 4.74 Å². The minimum Gasteiger partial charge on any atom is -0.496 e. The molecule has 1 rings (SSSR count). The maximum Gasteiger partial charge on any atom is 0.122 e. The van der Waals surface area contributed by atoms with Crippen molar-refractivity contribution in [2.75, 3.05) is 7.11 Å². The van der Waals surface area contributed by atoms with Crippen molar-refractivity contribution >= 4 is 0 Å². The Balaban J connectivity index is 2.84. The van der Waals surface area contributed by atoms with Crippen LogP contribution >= 0.6 is 0 Å². The Morgan fingerprint density at radius 3 is 2.69 bits per heavy atom. The molecule has 0 aliphatic carbocycles. The van der Waals surface area contributed by atoms with Crippen LogP contribution in [-0.4, -0.2) is 7.11 Å². The predicted octanol–water partition coefficient (Wildman–Crippen LogP) is 3.35. The summed E-state index contributed by atoms with van der Waals surface area (Å²) in [5.74, 6) is 1.57. The van der Waals surface area contributed by atoms with Crippen molar-refractivity contribution in [3.63, 3.8) is 0 Å². The molecular formula is C14H19NO. The van der Waals surface area contributed by atoms with Crippen molar-refractivity contribution in [2.24, 2.45) is 5.92 Å². The molecule has 0 aliphatic rings. The second kappa shape index (κ2) is 6.17. The normalized spacial score (nSPS) is 10.2. The summed E-state index contributed by atoms with van der Waals surface area (Å²) in [6, 6.07) is 8.42. The Morgan fingerprint density at radius 1 is 1.38 bits per heavy atom. The number of methoxy groups -OCH3 is 1. The van der Waals surface area contributed by atoms with Gasteiger partial charge in [0.2, 0.25) is 0 Å². The SMILES string of the molecule is COc1cc(CCC#N)ccc1CC(C)C. The molecule has 1 aromatic rings. The summed E-state index contributed by atoms with van der Waals surface area (Å²) >= 11 is 0. The van der Waals surface area contributed by atoms with E-state index < -0.39 is 0 Å². The number of benzene rings is 1. The van der Waals surface area contributed by atoms with E-state index in [0.717, 1.165) is 18.6 Å². The van der Waals surface area contributed by atoms with Gasteiger partial charge in [-0.15, -0.1) is 0 Å². The molecule has 0 saturated heterocycles. The van der Waals surface area contributed by atoms with E-state index in [1.165, 1.54) is 11.1 Å². The van der Waals surface area contributed by atoms with Crippen molar-refractivity contribution in [1.82, 2.24) is 0 Å². The third-order valence-electron chi connectivity index (χ3n) is 2.51. The maximum atomic E-state index is 8.55. The zero-order valence-corrected chi connectivity index (χ0v) is 10.3. The smallest absolute Gasteiger partial charge is 0.122 e. The van der Waals surface area contributed by atoms with Gasteiger partial charge < -0.3 is 4.74 Å². The molecule has 0 saturated carbocycles. The Labute approximate surface area is 97.9 Å². The minimum absolute atomic E-state index is 0.562. The number of nitrogens with zero attached hydrogens (tertiary/aromatic N) is 1. The average Bonchev–Trinajstić information content (AvgIpc) is 2.27. The standard InChI is InChI=1S/C14H19NO/c1-11(2)9-13-7-6-12(5-4-8-15)10-14(13)16-3/h6-7,10-11H,4-5,9H2,1-3H3. The summed E-state index contributed by atoms with van der Waals surface area (Å²) in [7, 11) is 1.70. The molecule has 2 heteroatoms. The van der Waals surface area contributed by atoms with Crippen molar-refractivity contribution in [1.29, 1.82) is 5.26 Å². The minimum atomic E-state index is 0.562. The lowest BCUT2D eigenvalue weighted by Gasteiger charge is -2.12. The molecule has 0 heterocycles. The molecule has 16 heavy (non-hydrogen) atoms. The Hall–Kier alpha value is -1.49. The molecule has 0 spiro atoms. The van der Waals surface area contributed by atoms with Crippen molar-refractivity contribution in [3.05, 3.63) is 29.3 Å². The second-order valence-corrected chi connectivity index (χ2v) is 4.40. The summed E-state index contributed by atoms with van der Waals surface area (Å²) < 4.78 is 5.38. The summed E-state index contributed by atoms with van der Waals surface area (Å²) in [5, 5.41) is 8.55. The molecule has 0 radical (unpaired) electrons. The van der Waals surface area contributed by atoms with Crippen LogP contribution in [0.5, 0.6) is 5.75 Å². The molecule has 0 bridgehead atoms. The number of rotatable bonds is 5. The van der Waals surface area contributed by atoms with Crippen LogP contribution in [0.2, 0.25) is 0 Å². The quantitative estimate of drug-likeness (QED) is 0.757. The zero-order valence-electron chi connectivity index (χ0n) is 10.3. The summed E-state index contributed by atoms with van der Waals surface area (Å²) in [5.41, 5.74) is 2.42. The largest absolute Gasteiger partial charge is 0.496 e. The molecule has 0 atom stereocenters. The molecule has 2 nitrogen and oxygen atoms in total. The van der Waals surface area contributed by atoms with E-state index >= 15 is 0 Å². The highest BCUT2D eigenvalue weighted by Crippen LogP contribution is 2.23. The first-order valence-corrected chi connectivity index (χ1v) is 5.70. The number of aryl methyl sites for hydroxylation is 1. The fraction of sp³-hybridized carbons (Fsp3) is 0.500. The highest BCUT2D eigenvalue weighted by atomic mass is 16.5. The molecule has 0 amide bonds. The number of hydrogen-bond acceptors (Lipinski definition) is 2. The highest BCUT2D eigenvalue weighted by Gasteiger charge is 2.06. The highest BCUT2D eigenvalue weighted by molar-refractivity contribution is 5.38. The van der Waals surface area contributed by atoms with Gasteiger partial charge in [-0.2, -0.15) is 5.26 Å². The molecule has 86 valence electrons. The maximum absolute atomic E-state index is 8.55. The van der Waals surface area contributed by atoms with Gasteiger partial charge in [-0.25, -0.2) is 0 Å². The van der Waals surface area contributed by atoms with Crippen LogP contribution in [0.25, 0.3) is 0 Å². The molecular weight excluding hydrogens is 198 g/mol. The molecule has 0 fully saturated rings. The Kier molecular flexibility index (Phi) is 4.85. The van der Waals surface area contributed by atoms with E-state index in [1.54, 1.807) is 7.11 Å². The van der Waals surface area contributed by atoms with Crippen LogP contribution in [0.1, 0.15) is 31.4 Å². The van der Waals surface area contributed by atoms with Crippen LogP contribution in [0, 0.1) is 17.2 Å². The fourth-order valence-corrected chi connectivity index (χ4v) is 1.75. The number of hydrogen-bond donors (Lipinski definition) is 0. The molecule has 0 aliphatic heterocycles. The van der Waals surface area contributed by atoms with Gasteiger partial charge in [0.1, 0.15) is 5.75 Å². The lowest BCUT2D eigenvalue weighted by molar-refractivity contribution is 0.406. The van der Waals surface area contributed by atoms with Gasteiger partial charge in [-0.1, -0.05) is 26.0 Å². The molecule has 0 unspecified atom stereocenters. The third-order valence-corrected chi connectivity index (χ3v) is 2.51. The van der Waals surface area contributed by atoms with Gasteiger partial charge in [0.15, 0.2) is 0 Å². The van der Waals surface area contributed by atoms with E-state index in [0.29, 0.717) is 12.3 Å². The summed E-state index contributed by atoms with van der Waals surface area (Å²) in [4.78, 5) is 0. The van der Waals surface area contributed by atoms with Crippen LogP contribution in [-0.2, 0) is 12.8 Å². The van der Waals surface area contributed by atoms with E-state index in [1.807, 2.05) is 0 Å². The van der Waals surface area contributed by atoms with E-state index in [-0.39, 0.29) is 0 Å². The van der Waals surface area contributed by atoms with E-state index in [2.05, 4.69) is 38.1 Å². The van der Waals surface area contributed by atoms with Crippen LogP contribution in [0.4, 0.5) is 0 Å². The first kappa shape index (κ1) is 12.6. The van der Waals surface area contributed by atoms with Gasteiger partial charge in [0, 0.05) is 6.42 Å². The van der Waals surface area contributed by atoms with Gasteiger partial charge in [0.25, 0.3) is 0 Å². The van der Waals surface area contributed by atoms with Crippen LogP contribution in [0.15, 0.2) is 18.2 Å². The van der Waals surface area contributed by atoms with Gasteiger partial charge in [-0.05, 0) is 36.0 Å². The Bertz CT molecular complexity index is 377. The first-order valence-electron chi connectivity index (χ1n) is 5.70. The average molecular weight is 217 g/mol. The lowest BCUT2D eigenvalue weighted by Crippen LogP contribution is -1.99. The summed E-state index contributed by atoms with van der Waals surface area (Å²) in [6.45, 7) is 4.39. The second-order valence-electron chi connectivity index (χ2n) is 4.40. The lowest BCUT2D eigenvalue weighted by atomic mass is 9.99. The fourth-order valence-electron chi connectivity index (χ4n) is 1.75. The molecule has 0 N–H and O–H groups in total. The number of ether oxygens (including phenoxy) is 1. The Morgan fingerprint density at radius 2 is 2.12 bits per heavy atom. The topological polar surface area (TPSA) is 33.0 Å². The molecule has 1 aromatic carbocycles. The third kappa shape index (κ3) is 3.58. The summed E-state index contributed by atoms with van der Waals surface area (Å²) in [6.07, 6.45) is 2.39. The van der Waals surface area contributed by atoms with Gasteiger partial charge in [-0.3, -0.25) is 0 Å². The van der Waals surface area contributed by atoms with Crippen LogP contribution in [0.3, 0.4) is 0 Å². The predicted molar refractivity (Wildman–Crippen MR) is 65.5 cm³/mol. The van der Waals surface area contributed by atoms with Gasteiger partial charge in [0.05, 0.1) is 13.2 Å². The van der Waals surface area contributed by atoms with Gasteiger partial charge >= 0.3 is 0 Å². The number of nitriles is 1. The van der Waals surface area contributed by atoms with Crippen molar-refractivity contribution in [3.8, 4) is 11.8 Å². The van der Waals surface area contributed by atoms with Crippen molar-refractivity contribution in [2.45, 2.75) is 33.1 Å². The zero-order chi connectivity index (χ0) is 12.0.